The van der Waals surface area contributed by atoms with Crippen molar-refractivity contribution in [3.8, 4) is 0 Å². The van der Waals surface area contributed by atoms with Gasteiger partial charge in [-0.3, -0.25) is 9.48 Å². The molecule has 3 aromatic rings. The number of hydrogen-bond donors (Lipinski definition) is 2. The van der Waals surface area contributed by atoms with Gasteiger partial charge in [0, 0.05) is 44.6 Å². The molecule has 0 unspecified atom stereocenters. The van der Waals surface area contributed by atoms with Gasteiger partial charge in [-0.1, -0.05) is 0 Å². The first-order chi connectivity index (χ1) is 14.0. The second kappa shape index (κ2) is 6.76. The van der Waals surface area contributed by atoms with Crippen LogP contribution in [0.25, 0.3) is 5.65 Å². The molecule has 0 radical (unpaired) electrons. The summed E-state index contributed by atoms with van der Waals surface area (Å²) in [6, 6.07) is 2.71. The van der Waals surface area contributed by atoms with E-state index in [0.717, 1.165) is 31.7 Å². The summed E-state index contributed by atoms with van der Waals surface area (Å²) in [4.78, 5) is 19.7. The highest BCUT2D eigenvalue weighted by molar-refractivity contribution is 6.08. The molecule has 0 saturated carbocycles. The van der Waals surface area contributed by atoms with Crippen LogP contribution in [0.4, 0.5) is 20.3 Å². The maximum absolute atomic E-state index is 13.2. The number of amides is 1. The number of rotatable bonds is 4. The molecule has 3 saturated heterocycles. The fraction of sp³-hybridized carbons (Fsp3) is 0.444. The average molecular weight is 402 g/mol. The molecule has 3 aliphatic heterocycles. The third-order valence-corrected chi connectivity index (χ3v) is 5.55. The predicted octanol–water partition coefficient (Wildman–Crippen LogP) is 1.59. The number of anilines is 2. The monoisotopic (exact) mass is 402 g/mol. The Morgan fingerprint density at radius 1 is 1.38 bits per heavy atom. The van der Waals surface area contributed by atoms with Gasteiger partial charge in [-0.2, -0.15) is 10.2 Å². The van der Waals surface area contributed by atoms with Crippen molar-refractivity contribution >= 4 is 23.1 Å². The third kappa shape index (κ3) is 3.11. The largest absolute Gasteiger partial charge is 0.351 e. The number of carbonyl (C=O) groups is 1. The number of aryl methyl sites for hydroxylation is 1. The van der Waals surface area contributed by atoms with Gasteiger partial charge in [0.1, 0.15) is 11.4 Å². The normalized spacial score (nSPS) is 21.3. The second-order valence-corrected chi connectivity index (χ2v) is 7.46. The van der Waals surface area contributed by atoms with E-state index in [9.17, 15) is 13.6 Å². The molecule has 11 heteroatoms. The number of fused-ring (bicyclic) bond motifs is 4. The summed E-state index contributed by atoms with van der Waals surface area (Å²) in [5, 5.41) is 13.9. The van der Waals surface area contributed by atoms with Crippen LogP contribution in [0.2, 0.25) is 0 Å². The topological polar surface area (TPSA) is 92.4 Å². The molecular weight excluding hydrogens is 382 g/mol. The molecular formula is C18H20F2N8O. The van der Waals surface area contributed by atoms with Gasteiger partial charge >= 0.3 is 0 Å². The number of aromatic nitrogens is 5. The Kier molecular flexibility index (Phi) is 4.19. The van der Waals surface area contributed by atoms with Crippen molar-refractivity contribution in [3.63, 3.8) is 0 Å². The van der Waals surface area contributed by atoms with E-state index < -0.39 is 18.0 Å². The highest BCUT2D eigenvalue weighted by atomic mass is 19.3. The molecule has 0 spiro atoms. The van der Waals surface area contributed by atoms with E-state index in [1.807, 2.05) is 6.07 Å². The standard InChI is InChI=1S/C18H20F2N8O/c1-26-9-13(15(25-26)16(19)20)23-18(29)12-7-22-28-5-4-14(24-17(12)28)27-8-10-2-3-11(27)6-21-10/h4-5,7,9-11,16,21H,2-3,6,8H2,1H3,(H,23,29)/t10-,11+/m0/s1. The molecule has 1 amide bonds. The van der Waals surface area contributed by atoms with Crippen LogP contribution in [0.1, 0.15) is 35.3 Å². The Balaban J connectivity index is 1.45. The smallest absolute Gasteiger partial charge is 0.284 e. The van der Waals surface area contributed by atoms with Crippen molar-refractivity contribution in [2.75, 3.05) is 23.3 Å². The van der Waals surface area contributed by atoms with Gasteiger partial charge in [0.2, 0.25) is 0 Å². The van der Waals surface area contributed by atoms with Crippen molar-refractivity contribution in [2.24, 2.45) is 7.05 Å². The van der Waals surface area contributed by atoms with Gasteiger partial charge in [-0.05, 0) is 18.9 Å². The number of piperazine rings is 1. The Bertz CT molecular complexity index is 1070. The average Bonchev–Trinajstić information content (AvgIpc) is 3.31. The zero-order chi connectivity index (χ0) is 20.1. The lowest BCUT2D eigenvalue weighted by molar-refractivity contribution is 0.102. The van der Waals surface area contributed by atoms with Crippen molar-refractivity contribution in [1.82, 2.24) is 29.7 Å². The van der Waals surface area contributed by atoms with Crippen LogP contribution >= 0.6 is 0 Å². The van der Waals surface area contributed by atoms with Gasteiger partial charge in [0.25, 0.3) is 12.3 Å². The van der Waals surface area contributed by atoms with E-state index in [2.05, 4.69) is 30.7 Å². The molecule has 152 valence electrons. The van der Waals surface area contributed by atoms with Gasteiger partial charge in [0.15, 0.2) is 11.3 Å². The number of carbonyl (C=O) groups excluding carboxylic acids is 1. The SMILES string of the molecule is Cn1cc(NC(=O)c2cnn3ccc(N4C[C@@H]5CC[C@@H]4CN5)nc23)c(C(F)F)n1. The zero-order valence-electron chi connectivity index (χ0n) is 15.7. The lowest BCUT2D eigenvalue weighted by Crippen LogP contribution is -2.61. The maximum atomic E-state index is 13.2. The quantitative estimate of drug-likeness (QED) is 0.689. The Morgan fingerprint density at radius 2 is 2.24 bits per heavy atom. The summed E-state index contributed by atoms with van der Waals surface area (Å²) in [6.45, 7) is 1.79. The fourth-order valence-corrected chi connectivity index (χ4v) is 4.12. The van der Waals surface area contributed by atoms with Crippen molar-refractivity contribution in [3.05, 3.63) is 35.9 Å². The Hall–Kier alpha value is -3.08. The minimum absolute atomic E-state index is 0.0255. The van der Waals surface area contributed by atoms with Crippen LogP contribution in [0.5, 0.6) is 0 Å². The van der Waals surface area contributed by atoms with Gasteiger partial charge in [-0.15, -0.1) is 0 Å². The lowest BCUT2D eigenvalue weighted by atomic mass is 9.93. The number of nitrogens with one attached hydrogen (secondary N) is 2. The third-order valence-electron chi connectivity index (χ3n) is 5.55. The molecule has 3 fully saturated rings. The van der Waals surface area contributed by atoms with Crippen LogP contribution in [0, 0.1) is 0 Å². The van der Waals surface area contributed by atoms with E-state index in [0.29, 0.717) is 17.7 Å². The summed E-state index contributed by atoms with van der Waals surface area (Å²) in [5.74, 6) is 0.235. The molecule has 0 aliphatic carbocycles. The molecule has 9 nitrogen and oxygen atoms in total. The molecule has 0 aromatic carbocycles. The summed E-state index contributed by atoms with van der Waals surface area (Å²) < 4.78 is 29.1. The number of piperidine rings is 2. The summed E-state index contributed by atoms with van der Waals surface area (Å²) in [5.41, 5.74) is 0.110. The minimum atomic E-state index is -2.79. The molecule has 6 rings (SSSR count). The van der Waals surface area contributed by atoms with E-state index in [-0.39, 0.29) is 11.3 Å². The molecule has 3 aliphatic rings. The van der Waals surface area contributed by atoms with Crippen LogP contribution in [0.3, 0.4) is 0 Å². The molecule has 3 aromatic heterocycles. The second-order valence-electron chi connectivity index (χ2n) is 7.46. The van der Waals surface area contributed by atoms with Crippen molar-refractivity contribution in [2.45, 2.75) is 31.4 Å². The molecule has 29 heavy (non-hydrogen) atoms. The van der Waals surface area contributed by atoms with E-state index in [1.165, 1.54) is 28.6 Å². The number of nitrogens with zero attached hydrogens (tertiary/aromatic N) is 6. The predicted molar refractivity (Wildman–Crippen MR) is 101 cm³/mol. The number of halogens is 2. The van der Waals surface area contributed by atoms with Gasteiger partial charge in [0.05, 0.1) is 11.9 Å². The lowest BCUT2D eigenvalue weighted by Gasteiger charge is -2.46. The zero-order valence-corrected chi connectivity index (χ0v) is 15.7. The van der Waals surface area contributed by atoms with Crippen LogP contribution < -0.4 is 15.5 Å². The first-order valence-electron chi connectivity index (χ1n) is 9.47. The van der Waals surface area contributed by atoms with E-state index in [1.54, 1.807) is 6.20 Å². The Morgan fingerprint density at radius 3 is 2.93 bits per heavy atom. The number of alkyl halides is 2. The molecule has 2 N–H and O–H groups in total. The van der Waals surface area contributed by atoms with E-state index >= 15 is 0 Å². The molecule has 6 heterocycles. The fourth-order valence-electron chi connectivity index (χ4n) is 4.12. The van der Waals surface area contributed by atoms with Crippen molar-refractivity contribution in [1.29, 1.82) is 0 Å². The van der Waals surface area contributed by atoms with Crippen LogP contribution in [0.15, 0.2) is 24.7 Å². The highest BCUT2D eigenvalue weighted by Gasteiger charge is 2.34. The Labute approximate surface area is 164 Å². The minimum Gasteiger partial charge on any atom is -0.351 e. The van der Waals surface area contributed by atoms with Gasteiger partial charge in [-0.25, -0.2) is 18.3 Å². The highest BCUT2D eigenvalue weighted by Crippen LogP contribution is 2.28. The molecule has 2 atom stereocenters. The summed E-state index contributed by atoms with van der Waals surface area (Å²) >= 11 is 0. The first-order valence-corrected chi connectivity index (χ1v) is 9.47. The van der Waals surface area contributed by atoms with Crippen LogP contribution in [-0.4, -0.2) is 55.5 Å². The maximum Gasteiger partial charge on any atom is 0.284 e. The summed E-state index contributed by atoms with van der Waals surface area (Å²) in [7, 11) is 1.52. The first kappa shape index (κ1) is 18.0. The van der Waals surface area contributed by atoms with Crippen LogP contribution in [-0.2, 0) is 7.05 Å². The molecule has 2 bridgehead atoms. The number of hydrogen-bond acceptors (Lipinski definition) is 6. The van der Waals surface area contributed by atoms with E-state index in [4.69, 9.17) is 0 Å². The van der Waals surface area contributed by atoms with Crippen molar-refractivity contribution < 1.29 is 13.6 Å². The van der Waals surface area contributed by atoms with Gasteiger partial charge < -0.3 is 15.5 Å². The summed E-state index contributed by atoms with van der Waals surface area (Å²) in [6.07, 6.45) is 3.98.